The molecule has 2 rings (SSSR count). The Morgan fingerprint density at radius 1 is 1.50 bits per heavy atom. The van der Waals surface area contributed by atoms with E-state index in [2.05, 4.69) is 28.5 Å². The molecule has 1 heterocycles. The molecule has 1 atom stereocenters. The van der Waals surface area contributed by atoms with Gasteiger partial charge in [0.05, 0.1) is 5.69 Å². The first-order chi connectivity index (χ1) is 7.76. The second-order valence-electron chi connectivity index (χ2n) is 4.47. The highest BCUT2D eigenvalue weighted by Crippen LogP contribution is 2.42. The molecular weight excluding hydrogens is 218 g/mol. The molecule has 1 aliphatic carbocycles. The Balaban J connectivity index is 1.86. The van der Waals surface area contributed by atoms with Crippen molar-refractivity contribution >= 4 is 11.8 Å². The minimum Gasteiger partial charge on any atom is -0.307 e. The van der Waals surface area contributed by atoms with Crippen LogP contribution in [0, 0.1) is 0 Å². The molecule has 0 spiro atoms. The normalized spacial score (nSPS) is 20.1. The molecule has 1 aromatic rings. The standard InChI is InChI=1S/C12H19N3S/c1-10(11-8-13-6-7-14-11)15-9-12(16-2)4-3-5-12/h6-8,10,15H,3-5,9H2,1-2H3. The van der Waals surface area contributed by atoms with E-state index in [1.807, 2.05) is 18.0 Å². The molecule has 1 saturated carbocycles. The van der Waals surface area contributed by atoms with Crippen molar-refractivity contribution in [3.63, 3.8) is 0 Å². The Bertz CT molecular complexity index is 319. The average molecular weight is 237 g/mol. The number of hydrogen-bond donors (Lipinski definition) is 1. The van der Waals surface area contributed by atoms with E-state index in [1.165, 1.54) is 19.3 Å². The van der Waals surface area contributed by atoms with Crippen molar-refractivity contribution in [2.75, 3.05) is 12.8 Å². The van der Waals surface area contributed by atoms with Gasteiger partial charge >= 0.3 is 0 Å². The summed E-state index contributed by atoms with van der Waals surface area (Å²) in [7, 11) is 0. The van der Waals surface area contributed by atoms with E-state index in [0.717, 1.165) is 12.2 Å². The van der Waals surface area contributed by atoms with Gasteiger partial charge in [0.25, 0.3) is 0 Å². The van der Waals surface area contributed by atoms with Crippen LogP contribution >= 0.6 is 11.8 Å². The highest BCUT2D eigenvalue weighted by molar-refractivity contribution is 8.00. The lowest BCUT2D eigenvalue weighted by molar-refractivity contribution is 0.333. The average Bonchev–Trinajstić information content (AvgIpc) is 2.29. The quantitative estimate of drug-likeness (QED) is 0.853. The highest BCUT2D eigenvalue weighted by Gasteiger charge is 2.36. The van der Waals surface area contributed by atoms with Gasteiger partial charge in [-0.3, -0.25) is 9.97 Å². The van der Waals surface area contributed by atoms with Gasteiger partial charge in [-0.2, -0.15) is 11.8 Å². The van der Waals surface area contributed by atoms with Crippen LogP contribution in [0.4, 0.5) is 0 Å². The third kappa shape index (κ3) is 2.55. The van der Waals surface area contributed by atoms with Crippen LogP contribution in [-0.2, 0) is 0 Å². The van der Waals surface area contributed by atoms with Crippen molar-refractivity contribution in [2.45, 2.75) is 37.0 Å². The molecule has 0 aromatic carbocycles. The number of aromatic nitrogens is 2. The number of nitrogens with one attached hydrogen (secondary N) is 1. The van der Waals surface area contributed by atoms with Crippen LogP contribution in [0.15, 0.2) is 18.6 Å². The maximum absolute atomic E-state index is 4.32. The van der Waals surface area contributed by atoms with Gasteiger partial charge in [-0.05, 0) is 26.0 Å². The van der Waals surface area contributed by atoms with Gasteiger partial charge in [0.1, 0.15) is 0 Å². The van der Waals surface area contributed by atoms with Crippen molar-refractivity contribution in [1.29, 1.82) is 0 Å². The van der Waals surface area contributed by atoms with E-state index in [-0.39, 0.29) is 0 Å². The molecular formula is C12H19N3S. The minimum atomic E-state index is 0.290. The first kappa shape index (κ1) is 11.9. The Morgan fingerprint density at radius 2 is 2.31 bits per heavy atom. The highest BCUT2D eigenvalue weighted by atomic mass is 32.2. The third-order valence-electron chi connectivity index (χ3n) is 3.46. The minimum absolute atomic E-state index is 0.290. The largest absolute Gasteiger partial charge is 0.307 e. The van der Waals surface area contributed by atoms with E-state index in [0.29, 0.717) is 10.8 Å². The summed E-state index contributed by atoms with van der Waals surface area (Å²) < 4.78 is 0.483. The second kappa shape index (κ2) is 5.15. The van der Waals surface area contributed by atoms with Crippen LogP contribution in [0.5, 0.6) is 0 Å². The summed E-state index contributed by atoms with van der Waals surface area (Å²) in [6.45, 7) is 3.22. The zero-order chi connectivity index (χ0) is 11.4. The summed E-state index contributed by atoms with van der Waals surface area (Å²) >= 11 is 2.00. The summed E-state index contributed by atoms with van der Waals surface area (Å²) in [6.07, 6.45) is 11.6. The van der Waals surface area contributed by atoms with Crippen LogP contribution in [0.1, 0.15) is 37.9 Å². The summed E-state index contributed by atoms with van der Waals surface area (Å²) in [5.74, 6) is 0. The zero-order valence-electron chi connectivity index (χ0n) is 9.94. The van der Waals surface area contributed by atoms with E-state index in [9.17, 15) is 0 Å². The van der Waals surface area contributed by atoms with Gasteiger partial charge in [-0.25, -0.2) is 0 Å². The van der Waals surface area contributed by atoms with Crippen LogP contribution in [-0.4, -0.2) is 27.5 Å². The van der Waals surface area contributed by atoms with Gasteiger partial charge in [0.15, 0.2) is 0 Å². The fourth-order valence-corrected chi connectivity index (χ4v) is 2.93. The number of rotatable bonds is 5. The lowest BCUT2D eigenvalue weighted by Crippen LogP contribution is -2.44. The first-order valence-corrected chi connectivity index (χ1v) is 7.03. The lowest BCUT2D eigenvalue weighted by atomic mass is 9.84. The van der Waals surface area contributed by atoms with Crippen molar-refractivity contribution < 1.29 is 0 Å². The molecule has 4 heteroatoms. The van der Waals surface area contributed by atoms with Crippen LogP contribution in [0.2, 0.25) is 0 Å². The molecule has 0 aliphatic heterocycles. The number of hydrogen-bond acceptors (Lipinski definition) is 4. The Kier molecular flexibility index (Phi) is 3.82. The maximum Gasteiger partial charge on any atom is 0.0753 e. The van der Waals surface area contributed by atoms with E-state index >= 15 is 0 Å². The van der Waals surface area contributed by atoms with Crippen molar-refractivity contribution in [1.82, 2.24) is 15.3 Å². The SMILES string of the molecule is CSC1(CNC(C)c2cnccn2)CCC1. The Hall–Kier alpha value is -0.610. The molecule has 16 heavy (non-hydrogen) atoms. The smallest absolute Gasteiger partial charge is 0.0753 e. The fraction of sp³-hybridized carbons (Fsp3) is 0.667. The monoisotopic (exact) mass is 237 g/mol. The number of nitrogens with zero attached hydrogens (tertiary/aromatic N) is 2. The summed E-state index contributed by atoms with van der Waals surface area (Å²) in [6, 6.07) is 0.290. The van der Waals surface area contributed by atoms with Gasteiger partial charge in [-0.15, -0.1) is 0 Å². The fourth-order valence-electron chi connectivity index (χ4n) is 2.00. The molecule has 0 bridgehead atoms. The Morgan fingerprint density at radius 3 is 2.81 bits per heavy atom. The zero-order valence-corrected chi connectivity index (χ0v) is 10.8. The summed E-state index contributed by atoms with van der Waals surface area (Å²) in [5, 5.41) is 3.57. The molecule has 1 N–H and O–H groups in total. The van der Waals surface area contributed by atoms with Gasteiger partial charge < -0.3 is 5.32 Å². The summed E-state index contributed by atoms with van der Waals surface area (Å²) in [5.41, 5.74) is 1.03. The van der Waals surface area contributed by atoms with Crippen LogP contribution in [0.25, 0.3) is 0 Å². The predicted molar refractivity (Wildman–Crippen MR) is 68.5 cm³/mol. The van der Waals surface area contributed by atoms with Crippen molar-refractivity contribution in [2.24, 2.45) is 0 Å². The van der Waals surface area contributed by atoms with E-state index in [1.54, 1.807) is 12.4 Å². The molecule has 3 nitrogen and oxygen atoms in total. The second-order valence-corrected chi connectivity index (χ2v) is 5.75. The molecule has 88 valence electrons. The van der Waals surface area contributed by atoms with Crippen molar-refractivity contribution in [3.8, 4) is 0 Å². The molecule has 1 aliphatic rings. The third-order valence-corrected chi connectivity index (χ3v) is 4.87. The molecule has 0 saturated heterocycles. The van der Waals surface area contributed by atoms with Crippen molar-refractivity contribution in [3.05, 3.63) is 24.3 Å². The lowest BCUT2D eigenvalue weighted by Gasteiger charge is -2.41. The van der Waals surface area contributed by atoms with E-state index in [4.69, 9.17) is 0 Å². The molecule has 1 unspecified atom stereocenters. The predicted octanol–water partition coefficient (Wildman–Crippen LogP) is 2.41. The Labute approximate surface area is 101 Å². The molecule has 1 aromatic heterocycles. The van der Waals surface area contributed by atoms with Crippen LogP contribution < -0.4 is 5.32 Å². The van der Waals surface area contributed by atoms with Gasteiger partial charge in [-0.1, -0.05) is 6.42 Å². The first-order valence-electron chi connectivity index (χ1n) is 5.80. The van der Waals surface area contributed by atoms with E-state index < -0.39 is 0 Å². The number of thioether (sulfide) groups is 1. The molecule has 0 amide bonds. The van der Waals surface area contributed by atoms with Crippen LogP contribution in [0.3, 0.4) is 0 Å². The molecule has 0 radical (unpaired) electrons. The molecule has 1 fully saturated rings. The van der Waals surface area contributed by atoms with Gasteiger partial charge in [0, 0.05) is 35.9 Å². The summed E-state index contributed by atoms with van der Waals surface area (Å²) in [4.78, 5) is 8.41. The maximum atomic E-state index is 4.32. The topological polar surface area (TPSA) is 37.8 Å². The van der Waals surface area contributed by atoms with Gasteiger partial charge in [0.2, 0.25) is 0 Å².